The first-order valence-corrected chi connectivity index (χ1v) is 11.0. The second-order valence-electron chi connectivity index (χ2n) is 10.6. The van der Waals surface area contributed by atoms with Gasteiger partial charge in [0.05, 0.1) is 0 Å². The summed E-state index contributed by atoms with van der Waals surface area (Å²) in [4.78, 5) is 54.6. The van der Waals surface area contributed by atoms with E-state index in [2.05, 4.69) is 20.0 Å². The van der Waals surface area contributed by atoms with Crippen molar-refractivity contribution in [2.75, 3.05) is 0 Å². The summed E-state index contributed by atoms with van der Waals surface area (Å²) in [7, 11) is 0. The van der Waals surface area contributed by atoms with E-state index < -0.39 is 35.2 Å². The lowest BCUT2D eigenvalue weighted by Gasteiger charge is -2.20. The van der Waals surface area contributed by atoms with Gasteiger partial charge in [0.25, 0.3) is 11.1 Å². The molecule has 2 aromatic rings. The normalized spacial score (nSPS) is 11.2. The minimum Gasteiger partial charge on any atom is -0.442 e. The molecule has 0 radical (unpaired) electrons. The molecular weight excluding hydrogens is 476 g/mol. The number of rotatable bonds is 0. The summed E-state index contributed by atoms with van der Waals surface area (Å²) < 4.78 is 20.0. The van der Waals surface area contributed by atoms with Crippen molar-refractivity contribution in [1.82, 2.24) is 20.0 Å². The monoisotopic (exact) mass is 514 g/mol. The van der Waals surface area contributed by atoms with Gasteiger partial charge < -0.3 is 24.0 Å². The minimum atomic E-state index is -1.06. The smallest absolute Gasteiger partial charge is 0.442 e. The third kappa shape index (κ3) is 16.0. The molecule has 0 aliphatic heterocycles. The molecule has 0 unspecified atom stereocenters. The zero-order valence-corrected chi connectivity index (χ0v) is 22.8. The second-order valence-corrected chi connectivity index (χ2v) is 10.6. The second kappa shape index (κ2) is 12.8. The van der Waals surface area contributed by atoms with Crippen LogP contribution in [-0.2, 0) is 18.9 Å². The lowest BCUT2D eigenvalue weighted by molar-refractivity contribution is -0.0294. The summed E-state index contributed by atoms with van der Waals surface area (Å²) in [5, 5.41) is 7.37. The van der Waals surface area contributed by atoms with E-state index in [0.717, 1.165) is 10.4 Å². The quantitative estimate of drug-likeness (QED) is 0.265. The first-order valence-electron chi connectivity index (χ1n) is 11.0. The number of aromatic nitrogens is 4. The zero-order chi connectivity index (χ0) is 28.5. The molecule has 0 spiro atoms. The number of ether oxygens (including phenoxy) is 4. The molecule has 0 amide bonds. The maximum Gasteiger partial charge on any atom is 0.519 e. The van der Waals surface area contributed by atoms with E-state index in [4.69, 9.17) is 14.2 Å². The van der Waals surface area contributed by atoms with Crippen LogP contribution < -0.4 is 11.1 Å². The van der Waals surface area contributed by atoms with Crippen molar-refractivity contribution in [3.63, 3.8) is 0 Å². The van der Waals surface area contributed by atoms with Gasteiger partial charge >= 0.3 is 18.4 Å². The van der Waals surface area contributed by atoms with E-state index in [1.54, 1.807) is 69.2 Å². The van der Waals surface area contributed by atoms with Crippen LogP contribution in [0.4, 0.5) is 14.4 Å². The van der Waals surface area contributed by atoms with E-state index in [1.165, 1.54) is 12.1 Å². The molecule has 2 aromatic heterocycles. The predicted molar refractivity (Wildman–Crippen MR) is 131 cm³/mol. The first kappa shape index (κ1) is 32.2. The maximum absolute atomic E-state index is 11.5. The van der Waals surface area contributed by atoms with Crippen LogP contribution in [0.2, 0.25) is 0 Å². The highest BCUT2D eigenvalue weighted by Gasteiger charge is 2.24. The summed E-state index contributed by atoms with van der Waals surface area (Å²) >= 11 is 0. The van der Waals surface area contributed by atoms with Crippen molar-refractivity contribution < 1.29 is 33.3 Å². The summed E-state index contributed by atoms with van der Waals surface area (Å²) in [5.74, 6) is 0. The molecule has 0 atom stereocenters. The lowest BCUT2D eigenvalue weighted by atomic mass is 10.2. The molecule has 3 N–H and O–H groups in total. The van der Waals surface area contributed by atoms with Crippen LogP contribution in [0, 0.1) is 13.8 Å². The van der Waals surface area contributed by atoms with Crippen molar-refractivity contribution in [2.24, 2.45) is 0 Å². The van der Waals surface area contributed by atoms with Crippen LogP contribution >= 0.6 is 0 Å². The molecule has 0 aliphatic rings. The van der Waals surface area contributed by atoms with Crippen molar-refractivity contribution in [2.45, 2.75) is 93.0 Å². The molecule has 0 aliphatic carbocycles. The molecule has 204 valence electrons. The number of aromatic amines is 3. The largest absolute Gasteiger partial charge is 0.519 e. The molecule has 0 fully saturated rings. The molecular formula is C23H38N4O9. The predicted octanol–water partition coefficient (Wildman–Crippen LogP) is 4.15. The van der Waals surface area contributed by atoms with Crippen molar-refractivity contribution in [3.8, 4) is 0 Å². The average molecular weight is 515 g/mol. The lowest BCUT2D eigenvalue weighted by Crippen LogP contribution is -2.29. The molecule has 0 saturated heterocycles. The van der Waals surface area contributed by atoms with E-state index in [9.17, 15) is 24.0 Å². The Balaban J connectivity index is 0.000000541. The Morgan fingerprint density at radius 3 is 1.39 bits per heavy atom. The standard InChI is InChI=1S/C10H18O5.C9H14N2O3.C4H6N2O/c1-9(2,3)14-7(11)13-8(12)15-10(4,5)6;1-6-5-7(12)10-11(6)8(13)14-9(2,3)4;1-3-2-4(7)6-5-3/h1-6H3;5H,1-4H3,(H,10,12);2H,1H3,(H2,5,6,7). The highest BCUT2D eigenvalue weighted by atomic mass is 16.8. The Hall–Kier alpha value is -3.77. The fraction of sp³-hybridized carbons (Fsp3) is 0.609. The molecule has 13 heteroatoms. The van der Waals surface area contributed by atoms with E-state index in [-0.39, 0.29) is 11.1 Å². The fourth-order valence-electron chi connectivity index (χ4n) is 2.02. The highest BCUT2D eigenvalue weighted by molar-refractivity contribution is 5.77. The number of H-pyrrole nitrogens is 3. The summed E-state index contributed by atoms with van der Waals surface area (Å²) in [6.45, 7) is 18.8. The van der Waals surface area contributed by atoms with Crippen LogP contribution in [0.1, 0.15) is 73.7 Å². The van der Waals surface area contributed by atoms with Crippen molar-refractivity contribution in [3.05, 3.63) is 44.2 Å². The maximum atomic E-state index is 11.5. The number of hydrogen-bond donors (Lipinski definition) is 3. The fourth-order valence-corrected chi connectivity index (χ4v) is 2.02. The van der Waals surface area contributed by atoms with Gasteiger partial charge in [-0.05, 0) is 76.2 Å². The average Bonchev–Trinajstić information content (AvgIpc) is 3.14. The topological polar surface area (TPSA) is 175 Å². The SMILES string of the molecule is CC(C)(C)OC(=O)OC(=O)OC(C)(C)C.Cc1cc(=O)[nH][nH]1.Cc1cc(=O)[nH]n1C(=O)OC(C)(C)C. The number of nitrogens with one attached hydrogen (secondary N) is 3. The van der Waals surface area contributed by atoms with Crippen molar-refractivity contribution in [1.29, 1.82) is 0 Å². The Morgan fingerprint density at radius 1 is 0.694 bits per heavy atom. The van der Waals surface area contributed by atoms with Crippen LogP contribution in [0.5, 0.6) is 0 Å². The number of aryl methyl sites for hydroxylation is 2. The van der Waals surface area contributed by atoms with Crippen LogP contribution in [0.25, 0.3) is 0 Å². The van der Waals surface area contributed by atoms with Crippen LogP contribution in [0.3, 0.4) is 0 Å². The number of carbonyl (C=O) groups is 3. The van der Waals surface area contributed by atoms with Gasteiger partial charge in [-0.1, -0.05) is 0 Å². The van der Waals surface area contributed by atoms with Gasteiger partial charge in [0.2, 0.25) is 0 Å². The van der Waals surface area contributed by atoms with E-state index >= 15 is 0 Å². The van der Waals surface area contributed by atoms with Crippen LogP contribution in [-0.4, -0.2) is 55.2 Å². The Bertz CT molecular complexity index is 1090. The Kier molecular flexibility index (Phi) is 11.5. The van der Waals surface area contributed by atoms with E-state index in [0.29, 0.717) is 5.69 Å². The number of hydrogen-bond acceptors (Lipinski definition) is 9. The number of carbonyl (C=O) groups excluding carboxylic acids is 3. The van der Waals surface area contributed by atoms with Gasteiger partial charge in [-0.3, -0.25) is 19.8 Å². The zero-order valence-electron chi connectivity index (χ0n) is 22.8. The third-order valence-corrected chi connectivity index (χ3v) is 3.17. The third-order valence-electron chi connectivity index (χ3n) is 3.17. The minimum absolute atomic E-state index is 0.0718. The van der Waals surface area contributed by atoms with Crippen LogP contribution in [0.15, 0.2) is 21.7 Å². The molecule has 36 heavy (non-hydrogen) atoms. The Morgan fingerprint density at radius 2 is 1.14 bits per heavy atom. The molecule has 0 aromatic carbocycles. The molecule has 0 saturated carbocycles. The summed E-state index contributed by atoms with van der Waals surface area (Å²) in [6.07, 6.45) is -2.69. The van der Waals surface area contributed by atoms with Crippen molar-refractivity contribution >= 4 is 18.4 Å². The Labute approximate surface area is 209 Å². The van der Waals surface area contributed by atoms with E-state index in [1.807, 2.05) is 6.92 Å². The summed E-state index contributed by atoms with van der Waals surface area (Å²) in [6, 6.07) is 2.84. The van der Waals surface area contributed by atoms with Gasteiger partial charge in [-0.2, -0.15) is 4.68 Å². The van der Waals surface area contributed by atoms with Gasteiger partial charge in [0.1, 0.15) is 16.8 Å². The van der Waals surface area contributed by atoms with Gasteiger partial charge in [-0.15, -0.1) is 0 Å². The number of nitrogens with zero attached hydrogens (tertiary/aromatic N) is 1. The molecule has 0 bridgehead atoms. The molecule has 2 heterocycles. The van der Waals surface area contributed by atoms with Gasteiger partial charge in [0.15, 0.2) is 0 Å². The summed E-state index contributed by atoms with van der Waals surface area (Å²) in [5.41, 5.74) is -0.941. The molecule has 2 rings (SSSR count). The van der Waals surface area contributed by atoms with Gasteiger partial charge in [-0.25, -0.2) is 14.4 Å². The highest BCUT2D eigenvalue weighted by Crippen LogP contribution is 2.11. The first-order chi connectivity index (χ1) is 16.1. The van der Waals surface area contributed by atoms with Gasteiger partial charge in [0, 0.05) is 23.5 Å². The molecule has 13 nitrogen and oxygen atoms in total.